The number of amides is 8. The van der Waals surface area contributed by atoms with Crippen molar-refractivity contribution >= 4 is 80.5 Å². The Morgan fingerprint density at radius 3 is 1.85 bits per heavy atom. The first-order chi connectivity index (χ1) is 61.0. The van der Waals surface area contributed by atoms with Gasteiger partial charge in [-0.3, -0.25) is 38.4 Å². The molecule has 23 N–H and O–H groups in total. The van der Waals surface area contributed by atoms with Gasteiger partial charge in [0.05, 0.1) is 77.8 Å². The minimum absolute atomic E-state index is 0.00102. The number of halogens is 2. The molecule has 9 saturated carbocycles. The van der Waals surface area contributed by atoms with E-state index >= 15 is 28.8 Å². The maximum atomic E-state index is 16.7. The molecule has 722 valence electrons. The molecule has 11 fully saturated rings. The molecule has 8 amide bonds. The third-order valence-electron chi connectivity index (χ3n) is 30.4. The summed E-state index contributed by atoms with van der Waals surface area (Å²) in [4.78, 5) is 124. The Bertz CT molecular complexity index is 4060. The number of unbranched alkanes of at least 4 members (excludes halogenated alkanes) is 7. The molecule has 0 spiro atoms. The zero-order chi connectivity index (χ0) is 92.0. The minimum atomic E-state index is -3.69. The van der Waals surface area contributed by atoms with Crippen LogP contribution in [0.4, 0.5) is 0 Å². The topological polar surface area (TPSA) is 571 Å². The highest BCUT2D eigenvalue weighted by Crippen LogP contribution is 2.55. The number of hydrogen-bond acceptors (Lipinski definition) is 27. The Labute approximate surface area is 759 Å². The Kier molecular flexibility index (Phi) is 34.5. The SMILES string of the molecule is CCCCCCCCCCS(=O)(=O)NCCNCC1[C@H](O)C2C3C[C@H](CC[C@H]3O)[C@H]3NC(=O)[C@@H]4NC(=O)[C@H](CC(N)=O)NC(=O)[C@H](NC(=O)[C@@H](CC(C)C)NC)[C@H](O)[C@H]5CC[C@@H](Oc6cc4cc(c6O[C@@H]4C[C@H](CO)[C@@H](O)[C@H](O)[C@H]4O[C@H]4C[C@H](N)[C@H](O)[C@H](C)O4)O[C@@H]4CC[C@@H](C[C@@H]4Cl)[C@@H](O)[C@H](NC3=O)C(=O)N[C@H](C(=O)NC3C4CC6CC(C4)CC3C6)C2C[C@@H]1O)[C@H](Cl)C5. The number of sulfonamides is 1. The zero-order valence-electron chi connectivity index (χ0n) is 74.2. The van der Waals surface area contributed by atoms with E-state index in [4.69, 9.17) is 58.4 Å². The number of nitrogens with two attached hydrogens (primary N) is 2. The standard InChI is InChI=1S/C89H142Cl2N12O24S/c1-6-7-8-9-10-11-12-13-22-128(121,122)96-21-20-95-38-53-60(106)35-52-68(79(53)112)51-29-44(14-17-59(51)105)70-85(116)103-74(89(120)101-72(52)87(118)98-69-47-25-42-24-43(27-47)28-48(69)26-42)77(110)46-16-19-62(55(91)31-46)125-64-33-49-32-63(81(64)126-65-34-50(39-104)78(111)80(113)82(65)127-67-36-56(92)75(108)41(4)123-67)124-61-18-15-45(30-54(61)90)76(109)73(102-83(114)57(94-5)23-40(2)3)88(119)97-58(37-66(93)107)84(115)99-71(49)86(117)100-70/h32-33,40-48,50-62,65,67-80,82,94-96,104-106,108-113H,6-31,34-39,92H2,1-5H3,(H2,93,107)(H,97,119)(H,98,118)(H,99,115)(H,100,117)(H,101,120)(H,102,114)(H,103,116)/t41-,42?,43?,44-,45-,46-,47?,48?,50+,51?,52?,53?,54+,55-,56-,57+,58-,59+,60-,61+,62+,65+,67-,68?,69?,70+,71+,72-,73+,74-,75+,76+,77+,78+,79-,80-,82-/m0/s1. The molecule has 32 atom stereocenters. The van der Waals surface area contributed by atoms with Gasteiger partial charge in [0.25, 0.3) is 0 Å². The molecule has 15 bridgehead atoms. The second kappa shape index (κ2) is 44.2. The van der Waals surface area contributed by atoms with Crippen LogP contribution in [0.3, 0.4) is 0 Å². The highest BCUT2D eigenvalue weighted by Gasteiger charge is 2.58. The van der Waals surface area contributed by atoms with Crippen LogP contribution < -0.4 is 78.3 Å². The van der Waals surface area contributed by atoms with Gasteiger partial charge in [-0.2, -0.15) is 0 Å². The number of primary amides is 1. The number of benzene rings is 1. The molecular formula is C89H142Cl2N12O24S. The van der Waals surface area contributed by atoms with E-state index in [-0.39, 0.29) is 155 Å². The number of ether oxygens (including phenoxy) is 5. The first-order valence-electron chi connectivity index (χ1n) is 47.3. The van der Waals surface area contributed by atoms with Gasteiger partial charge in [-0.05, 0) is 212 Å². The van der Waals surface area contributed by atoms with Crippen molar-refractivity contribution in [1.29, 1.82) is 0 Å². The molecule has 36 nitrogen and oxygen atoms in total. The van der Waals surface area contributed by atoms with Crippen molar-refractivity contribution in [2.24, 2.45) is 88.4 Å². The number of aliphatic hydroxyl groups is 9. The fourth-order valence-electron chi connectivity index (χ4n) is 23.7. The maximum Gasteiger partial charge on any atom is 0.247 e. The number of nitrogens with one attached hydrogen (secondary N) is 10. The van der Waals surface area contributed by atoms with Gasteiger partial charge in [0, 0.05) is 56.6 Å². The normalized spacial score (nSPS) is 40.7. The van der Waals surface area contributed by atoms with Gasteiger partial charge in [0.15, 0.2) is 17.8 Å². The van der Waals surface area contributed by atoms with Gasteiger partial charge >= 0.3 is 0 Å². The van der Waals surface area contributed by atoms with Crippen LogP contribution in [-0.4, -0.2) is 285 Å². The first-order valence-corrected chi connectivity index (χ1v) is 49.9. The van der Waals surface area contributed by atoms with Crippen LogP contribution in [0.5, 0.6) is 17.2 Å². The summed E-state index contributed by atoms with van der Waals surface area (Å²) in [5.41, 5.74) is 12.1. The van der Waals surface area contributed by atoms with Crippen LogP contribution in [0.25, 0.3) is 0 Å². The number of fused-ring (bicyclic) bond motifs is 15. The van der Waals surface area contributed by atoms with Gasteiger partial charge in [-0.15, -0.1) is 23.2 Å². The fraction of sp³-hybridized carbons (Fsp3) is 0.843. The van der Waals surface area contributed by atoms with Gasteiger partial charge in [0.1, 0.15) is 66.8 Å². The number of carbonyl (C=O) groups is 8. The number of aliphatic hydroxyl groups excluding tert-OH is 9. The second-order valence-electron chi connectivity index (χ2n) is 39.8. The van der Waals surface area contributed by atoms with E-state index in [2.05, 4.69) is 59.5 Å². The van der Waals surface area contributed by atoms with E-state index < -0.39 is 262 Å². The van der Waals surface area contributed by atoms with E-state index in [1.54, 1.807) is 6.92 Å². The van der Waals surface area contributed by atoms with Crippen molar-refractivity contribution in [3.05, 3.63) is 17.7 Å². The summed E-state index contributed by atoms with van der Waals surface area (Å²) in [6.07, 6.45) is -9.58. The summed E-state index contributed by atoms with van der Waals surface area (Å²) < 4.78 is 63.3. The third kappa shape index (κ3) is 23.6. The lowest BCUT2D eigenvalue weighted by atomic mass is 9.54. The summed E-state index contributed by atoms with van der Waals surface area (Å²) in [5.74, 6) is -16.8. The van der Waals surface area contributed by atoms with Gasteiger partial charge in [0.2, 0.25) is 63.0 Å². The molecule has 6 aliphatic heterocycles. The number of alkyl halides is 2. The lowest BCUT2D eigenvalue weighted by Gasteiger charge is -2.55. The lowest BCUT2D eigenvalue weighted by Crippen LogP contribution is -2.68. The Hall–Kier alpha value is -5.69. The van der Waals surface area contributed by atoms with Gasteiger partial charge < -0.3 is 129 Å². The van der Waals surface area contributed by atoms with Crippen molar-refractivity contribution in [2.45, 2.75) is 352 Å². The van der Waals surface area contributed by atoms with Crippen LogP contribution >= 0.6 is 23.2 Å². The first kappa shape index (κ1) is 99.8. The summed E-state index contributed by atoms with van der Waals surface area (Å²) in [7, 11) is -2.15. The minimum Gasteiger partial charge on any atom is -0.485 e. The Morgan fingerprint density at radius 2 is 1.24 bits per heavy atom. The molecule has 0 aromatic heterocycles. The van der Waals surface area contributed by atoms with Crippen molar-refractivity contribution < 1.29 is 116 Å². The number of rotatable bonds is 29. The van der Waals surface area contributed by atoms with E-state index in [9.17, 15) is 64.0 Å². The molecule has 39 heteroatoms. The van der Waals surface area contributed by atoms with E-state index in [0.717, 1.165) is 77.0 Å². The summed E-state index contributed by atoms with van der Waals surface area (Å²) in [5, 5.41) is 134. The fourth-order valence-corrected chi connectivity index (χ4v) is 25.6. The van der Waals surface area contributed by atoms with Crippen molar-refractivity contribution in [3.8, 4) is 17.2 Å². The maximum absolute atomic E-state index is 16.7. The smallest absolute Gasteiger partial charge is 0.247 e. The van der Waals surface area contributed by atoms with Crippen LogP contribution in [0, 0.1) is 76.9 Å². The van der Waals surface area contributed by atoms with Crippen LogP contribution in [0.15, 0.2) is 12.1 Å². The van der Waals surface area contributed by atoms with E-state index in [1.807, 2.05) is 13.8 Å². The molecule has 6 heterocycles. The van der Waals surface area contributed by atoms with Crippen molar-refractivity contribution in [3.63, 3.8) is 0 Å². The van der Waals surface area contributed by atoms with Crippen LogP contribution in [0.2, 0.25) is 0 Å². The monoisotopic (exact) mass is 1860 g/mol. The van der Waals surface area contributed by atoms with Gasteiger partial charge in [-0.25, -0.2) is 13.1 Å². The molecule has 9 aliphatic carbocycles. The average Bonchev–Trinajstić information content (AvgIpc) is 0.751. The molecule has 1 aromatic carbocycles. The molecule has 16 rings (SSSR count). The molecule has 2 saturated heterocycles. The van der Waals surface area contributed by atoms with Gasteiger partial charge in [-0.1, -0.05) is 65.7 Å². The Balaban J connectivity index is 0.919. The highest BCUT2D eigenvalue weighted by atomic mass is 35.5. The van der Waals surface area contributed by atoms with Crippen molar-refractivity contribution in [1.82, 2.24) is 52.6 Å². The number of likely N-dealkylation sites (N-methyl/N-ethyl adjacent to an activating group) is 1. The summed E-state index contributed by atoms with van der Waals surface area (Å²) in [6, 6.07) is -11.0. The predicted molar refractivity (Wildman–Crippen MR) is 468 cm³/mol. The van der Waals surface area contributed by atoms with E-state index in [1.165, 1.54) is 19.2 Å². The molecule has 15 aliphatic rings. The second-order valence-corrected chi connectivity index (χ2v) is 42.9. The molecular weight excluding hydrogens is 1720 g/mol. The lowest BCUT2D eigenvalue weighted by molar-refractivity contribution is -0.278. The summed E-state index contributed by atoms with van der Waals surface area (Å²) in [6.45, 7) is 6.69. The third-order valence-corrected chi connectivity index (χ3v) is 32.8. The van der Waals surface area contributed by atoms with Crippen molar-refractivity contribution in [2.75, 3.05) is 39.0 Å². The number of hydrogen-bond donors (Lipinski definition) is 21. The number of carbonyl (C=O) groups excluding carboxylic acids is 8. The molecule has 128 heavy (non-hydrogen) atoms. The molecule has 1 aromatic rings. The van der Waals surface area contributed by atoms with E-state index in [0.29, 0.717) is 18.3 Å². The quantitative estimate of drug-likeness (QED) is 0.0367. The molecule has 0 radical (unpaired) electrons. The van der Waals surface area contributed by atoms with Crippen LogP contribution in [0.1, 0.15) is 213 Å². The van der Waals surface area contributed by atoms with Crippen LogP contribution in [-0.2, 0) is 57.9 Å². The highest BCUT2D eigenvalue weighted by molar-refractivity contribution is 7.89. The zero-order valence-corrected chi connectivity index (χ0v) is 76.5. The largest absolute Gasteiger partial charge is 0.485 e. The average molecular weight is 1870 g/mol. The summed E-state index contributed by atoms with van der Waals surface area (Å²) >= 11 is 15.1. The predicted octanol–water partition coefficient (Wildman–Crippen LogP) is -0.119. The molecule has 4 unspecified atom stereocenters. The Morgan fingerprint density at radius 1 is 0.625 bits per heavy atom.